The zero-order valence-electron chi connectivity index (χ0n) is 13.3. The van der Waals surface area contributed by atoms with Crippen LogP contribution < -0.4 is 0 Å². The molecule has 0 radical (unpaired) electrons. The van der Waals surface area contributed by atoms with E-state index in [0.717, 1.165) is 19.3 Å². The molecule has 1 aromatic rings. The predicted molar refractivity (Wildman–Crippen MR) is 95.8 cm³/mol. The molecule has 1 saturated carbocycles. The van der Waals surface area contributed by atoms with Crippen molar-refractivity contribution < 1.29 is 17.3 Å². The molecule has 0 aliphatic heterocycles. The Morgan fingerprint density at radius 3 is 2.09 bits per heavy atom. The molecule has 1 fully saturated rings. The van der Waals surface area contributed by atoms with Crippen LogP contribution in [0.2, 0.25) is 0 Å². The first-order chi connectivity index (χ1) is 10.2. The summed E-state index contributed by atoms with van der Waals surface area (Å²) >= 11 is 2.39. The van der Waals surface area contributed by atoms with Gasteiger partial charge in [-0.15, -0.1) is 0 Å². The topological polar surface area (TPSA) is 43.4 Å². The lowest BCUT2D eigenvalue weighted by atomic mass is 9.87. The van der Waals surface area contributed by atoms with Crippen LogP contribution in [0.25, 0.3) is 0 Å². The Bertz CT molecular complexity index is 561. The molecule has 126 valence electrons. The van der Waals surface area contributed by atoms with E-state index in [-0.39, 0.29) is 5.41 Å². The van der Waals surface area contributed by atoms with Gasteiger partial charge in [-0.2, -0.15) is 8.42 Å². The summed E-state index contributed by atoms with van der Waals surface area (Å²) in [4.78, 5) is 0. The van der Waals surface area contributed by atoms with E-state index in [1.807, 2.05) is 0 Å². The van der Waals surface area contributed by atoms with Crippen molar-refractivity contribution in [2.24, 2.45) is 0 Å². The predicted octanol–water partition coefficient (Wildman–Crippen LogP) is 5.14. The van der Waals surface area contributed by atoms with Crippen molar-refractivity contribution in [1.29, 1.82) is 0 Å². The Balaban J connectivity index is 0.000000220. The first-order valence-corrected chi connectivity index (χ1v) is 10.0. The third kappa shape index (κ3) is 6.12. The average molecular weight is 442 g/mol. The van der Waals surface area contributed by atoms with E-state index in [9.17, 15) is 12.9 Å². The fraction of sp³-hybridized carbons (Fsp3) is 0.625. The molecule has 6 heteroatoms. The maximum atomic E-state index is 11.5. The SMILES string of the molecule is CC(C)(C)c1ccccc1I.O=S(=O)(OF)C1CCCCC1. The monoisotopic (exact) mass is 442 g/mol. The van der Waals surface area contributed by atoms with Crippen LogP contribution in [0.4, 0.5) is 4.53 Å². The van der Waals surface area contributed by atoms with E-state index in [0.29, 0.717) is 12.8 Å². The van der Waals surface area contributed by atoms with Gasteiger partial charge in [0.15, 0.2) is 0 Å². The number of halogens is 2. The molecule has 0 aromatic heterocycles. The van der Waals surface area contributed by atoms with Gasteiger partial charge in [0.05, 0.1) is 5.25 Å². The number of rotatable bonds is 2. The Hall–Kier alpha value is -0.210. The van der Waals surface area contributed by atoms with Crippen molar-refractivity contribution in [2.45, 2.75) is 63.5 Å². The van der Waals surface area contributed by atoms with Gasteiger partial charge >= 0.3 is 10.1 Å². The molecule has 0 spiro atoms. The van der Waals surface area contributed by atoms with Crippen molar-refractivity contribution in [2.75, 3.05) is 0 Å². The number of benzene rings is 1. The summed E-state index contributed by atoms with van der Waals surface area (Å²) in [5, 5.41) is -0.610. The Morgan fingerprint density at radius 1 is 1.14 bits per heavy atom. The molecule has 0 atom stereocenters. The van der Waals surface area contributed by atoms with Crippen molar-refractivity contribution in [3.05, 3.63) is 33.4 Å². The average Bonchev–Trinajstić information content (AvgIpc) is 2.48. The van der Waals surface area contributed by atoms with Gasteiger partial charge in [-0.25, -0.2) is 0 Å². The molecule has 3 nitrogen and oxygen atoms in total. The fourth-order valence-electron chi connectivity index (χ4n) is 2.47. The molecule has 0 amide bonds. The summed E-state index contributed by atoms with van der Waals surface area (Å²) in [6.07, 6.45) is 3.82. The third-order valence-corrected chi connectivity index (χ3v) is 6.13. The lowest BCUT2D eigenvalue weighted by molar-refractivity contribution is 0.000369. The summed E-state index contributed by atoms with van der Waals surface area (Å²) in [7, 11) is -3.89. The van der Waals surface area contributed by atoms with Crippen LogP contribution in [0, 0.1) is 3.57 Å². The smallest absolute Gasteiger partial charge is 0.197 e. The first kappa shape index (κ1) is 19.8. The summed E-state index contributed by atoms with van der Waals surface area (Å²) in [5.74, 6) is 0. The van der Waals surface area contributed by atoms with Crippen molar-refractivity contribution in [1.82, 2.24) is 0 Å². The molecule has 0 N–H and O–H groups in total. The van der Waals surface area contributed by atoms with Gasteiger partial charge in [0.25, 0.3) is 0 Å². The largest absolute Gasteiger partial charge is 0.300 e. The van der Waals surface area contributed by atoms with Gasteiger partial charge in [0.2, 0.25) is 0 Å². The zero-order chi connectivity index (χ0) is 16.8. The molecule has 1 aliphatic carbocycles. The standard InChI is InChI=1S/C10H13I.C6H11FO3S/c1-10(2,3)8-6-4-5-7-9(8)11;7-10-11(8,9)6-4-2-1-3-5-6/h4-7H,1-3H3;6H,1-5H2. The van der Waals surface area contributed by atoms with Gasteiger partial charge in [-0.1, -0.05) is 62.6 Å². The highest BCUT2D eigenvalue weighted by Gasteiger charge is 2.28. The summed E-state index contributed by atoms with van der Waals surface area (Å²) in [6.45, 7) is 6.72. The zero-order valence-corrected chi connectivity index (χ0v) is 16.3. The van der Waals surface area contributed by atoms with Gasteiger partial charge in [0, 0.05) is 3.57 Å². The van der Waals surface area contributed by atoms with E-state index in [1.54, 1.807) is 0 Å². The minimum atomic E-state index is -3.89. The highest BCUT2D eigenvalue weighted by molar-refractivity contribution is 14.1. The maximum absolute atomic E-state index is 11.5. The van der Waals surface area contributed by atoms with Crippen LogP contribution in [0.3, 0.4) is 0 Å². The van der Waals surface area contributed by atoms with Crippen LogP contribution in [-0.4, -0.2) is 13.7 Å². The van der Waals surface area contributed by atoms with Crippen LogP contribution in [0.5, 0.6) is 0 Å². The second kappa shape index (κ2) is 8.59. The van der Waals surface area contributed by atoms with Gasteiger partial charge in [0.1, 0.15) is 0 Å². The fourth-order valence-corrected chi connectivity index (χ4v) is 4.68. The Morgan fingerprint density at radius 2 is 1.68 bits per heavy atom. The van der Waals surface area contributed by atoms with Gasteiger partial charge in [-0.3, -0.25) is 0 Å². The molecule has 0 bridgehead atoms. The number of hydrogen-bond donors (Lipinski definition) is 0. The normalized spacial score (nSPS) is 16.8. The Labute approximate surface area is 146 Å². The second-order valence-corrected chi connectivity index (χ2v) is 9.49. The molecule has 0 saturated heterocycles. The van der Waals surface area contributed by atoms with Crippen LogP contribution in [-0.2, 0) is 19.9 Å². The molecule has 2 rings (SSSR count). The molecular formula is C16H24FIO3S. The highest BCUT2D eigenvalue weighted by Crippen LogP contribution is 2.26. The van der Waals surface area contributed by atoms with Crippen molar-refractivity contribution >= 4 is 32.7 Å². The van der Waals surface area contributed by atoms with Crippen molar-refractivity contribution in [3.8, 4) is 0 Å². The quantitative estimate of drug-likeness (QED) is 0.596. The van der Waals surface area contributed by atoms with E-state index in [1.165, 1.54) is 9.13 Å². The molecule has 0 unspecified atom stereocenters. The van der Waals surface area contributed by atoms with E-state index < -0.39 is 15.4 Å². The minimum Gasteiger partial charge on any atom is -0.197 e. The molecule has 1 aliphatic rings. The molecule has 22 heavy (non-hydrogen) atoms. The van der Waals surface area contributed by atoms with E-state index in [2.05, 4.69) is 72.0 Å². The Kier molecular flexibility index (Phi) is 7.74. The third-order valence-electron chi connectivity index (χ3n) is 3.73. The van der Waals surface area contributed by atoms with Gasteiger partial charge in [-0.05, 0) is 57.0 Å². The molecule has 0 heterocycles. The van der Waals surface area contributed by atoms with Crippen LogP contribution in [0.1, 0.15) is 58.4 Å². The highest BCUT2D eigenvalue weighted by atomic mass is 127. The number of hydrogen-bond acceptors (Lipinski definition) is 3. The molecule has 1 aromatic carbocycles. The van der Waals surface area contributed by atoms with Crippen molar-refractivity contribution in [3.63, 3.8) is 0 Å². The summed E-state index contributed by atoms with van der Waals surface area (Å²) in [6, 6.07) is 8.53. The maximum Gasteiger partial charge on any atom is 0.300 e. The lowest BCUT2D eigenvalue weighted by Crippen LogP contribution is -2.23. The van der Waals surface area contributed by atoms with E-state index >= 15 is 0 Å². The van der Waals surface area contributed by atoms with Crippen LogP contribution in [0.15, 0.2) is 24.3 Å². The summed E-state index contributed by atoms with van der Waals surface area (Å²) < 4.78 is 37.3. The first-order valence-electron chi connectivity index (χ1n) is 7.47. The lowest BCUT2D eigenvalue weighted by Gasteiger charge is -2.20. The second-order valence-electron chi connectivity index (χ2n) is 6.55. The van der Waals surface area contributed by atoms with Gasteiger partial charge < -0.3 is 0 Å². The molecular weight excluding hydrogens is 418 g/mol. The minimum absolute atomic E-state index is 0.276. The van der Waals surface area contributed by atoms with Crippen LogP contribution >= 0.6 is 22.6 Å². The summed E-state index contributed by atoms with van der Waals surface area (Å²) in [5.41, 5.74) is 1.71. The van der Waals surface area contributed by atoms with E-state index in [4.69, 9.17) is 0 Å².